The van der Waals surface area contributed by atoms with Gasteiger partial charge in [-0.3, -0.25) is 0 Å². The lowest BCUT2D eigenvalue weighted by Gasteiger charge is -2.22. The highest BCUT2D eigenvalue weighted by molar-refractivity contribution is 5.41. The van der Waals surface area contributed by atoms with Gasteiger partial charge in [0.2, 0.25) is 0 Å². The van der Waals surface area contributed by atoms with E-state index < -0.39 is 4.92 Å². The molecule has 1 aliphatic heterocycles. The van der Waals surface area contributed by atoms with E-state index >= 15 is 0 Å². The van der Waals surface area contributed by atoms with Gasteiger partial charge in [0.1, 0.15) is 6.10 Å². The smallest absolute Gasteiger partial charge is 0.365 e. The lowest BCUT2D eigenvalue weighted by Crippen LogP contribution is -2.26. The molecule has 1 saturated heterocycles. The second-order valence-corrected chi connectivity index (χ2v) is 3.81. The first-order valence-electron chi connectivity index (χ1n) is 5.50. The molecule has 1 aliphatic rings. The van der Waals surface area contributed by atoms with Crippen LogP contribution < -0.4 is 4.74 Å². The van der Waals surface area contributed by atoms with Crippen molar-refractivity contribution in [2.75, 3.05) is 13.2 Å². The number of aromatic nitrogens is 1. The Morgan fingerprint density at radius 3 is 2.83 bits per heavy atom. The molecule has 2 rings (SSSR count). The SMILES string of the molecule is N#Cc1nc([N+](=O)[O-])ccc1OC1CCOCC1. The van der Waals surface area contributed by atoms with Crippen molar-refractivity contribution in [2.45, 2.75) is 18.9 Å². The van der Waals surface area contributed by atoms with E-state index in [1.54, 1.807) is 0 Å². The lowest BCUT2D eigenvalue weighted by atomic mass is 10.1. The molecule has 0 atom stereocenters. The first-order chi connectivity index (χ1) is 8.70. The monoisotopic (exact) mass is 249 g/mol. The van der Waals surface area contributed by atoms with Crippen molar-refractivity contribution >= 4 is 5.82 Å². The van der Waals surface area contributed by atoms with Crippen LogP contribution in [0.2, 0.25) is 0 Å². The second-order valence-electron chi connectivity index (χ2n) is 3.81. The highest BCUT2D eigenvalue weighted by Gasteiger charge is 2.21. The van der Waals surface area contributed by atoms with Gasteiger partial charge in [0.15, 0.2) is 11.8 Å². The molecule has 0 spiro atoms. The largest absolute Gasteiger partial charge is 0.485 e. The summed E-state index contributed by atoms with van der Waals surface area (Å²) >= 11 is 0. The molecule has 0 bridgehead atoms. The lowest BCUT2D eigenvalue weighted by molar-refractivity contribution is -0.389. The van der Waals surface area contributed by atoms with Crippen LogP contribution in [-0.2, 0) is 4.74 Å². The second kappa shape index (κ2) is 5.42. The first-order valence-corrected chi connectivity index (χ1v) is 5.50. The van der Waals surface area contributed by atoms with Crippen LogP contribution >= 0.6 is 0 Å². The van der Waals surface area contributed by atoms with Gasteiger partial charge in [-0.25, -0.2) is 0 Å². The Morgan fingerprint density at radius 2 is 2.22 bits per heavy atom. The van der Waals surface area contributed by atoms with E-state index in [9.17, 15) is 10.1 Å². The summed E-state index contributed by atoms with van der Waals surface area (Å²) in [6, 6.07) is 4.46. The third-order valence-corrected chi connectivity index (χ3v) is 2.60. The number of nitriles is 1. The zero-order valence-corrected chi connectivity index (χ0v) is 9.54. The predicted molar refractivity (Wildman–Crippen MR) is 60.1 cm³/mol. The molecule has 7 heteroatoms. The Kier molecular flexibility index (Phi) is 3.69. The van der Waals surface area contributed by atoms with E-state index in [-0.39, 0.29) is 23.4 Å². The Labute approximate surface area is 103 Å². The standard InChI is InChI=1S/C11H11N3O4/c12-7-9-10(1-2-11(13-9)14(15)16)18-8-3-5-17-6-4-8/h1-2,8H,3-6H2. The van der Waals surface area contributed by atoms with Gasteiger partial charge in [-0.1, -0.05) is 0 Å². The van der Waals surface area contributed by atoms with Gasteiger partial charge < -0.3 is 19.6 Å². The summed E-state index contributed by atoms with van der Waals surface area (Å²) in [5, 5.41) is 19.5. The maximum atomic E-state index is 10.5. The fraction of sp³-hybridized carbons (Fsp3) is 0.455. The van der Waals surface area contributed by atoms with Crippen LogP contribution in [0, 0.1) is 21.4 Å². The van der Waals surface area contributed by atoms with Crippen LogP contribution in [0.4, 0.5) is 5.82 Å². The third kappa shape index (κ3) is 2.73. The molecule has 0 aromatic carbocycles. The summed E-state index contributed by atoms with van der Waals surface area (Å²) in [5.41, 5.74) is -0.0595. The summed E-state index contributed by atoms with van der Waals surface area (Å²) in [4.78, 5) is 13.5. The van der Waals surface area contributed by atoms with Crippen molar-refractivity contribution in [3.05, 3.63) is 27.9 Å². The van der Waals surface area contributed by atoms with Crippen molar-refractivity contribution in [3.63, 3.8) is 0 Å². The summed E-state index contributed by atoms with van der Waals surface area (Å²) in [5.74, 6) is -0.0686. The van der Waals surface area contributed by atoms with Crippen molar-refractivity contribution < 1.29 is 14.4 Å². The molecule has 1 fully saturated rings. The average molecular weight is 249 g/mol. The van der Waals surface area contributed by atoms with Gasteiger partial charge in [0, 0.05) is 18.9 Å². The van der Waals surface area contributed by atoms with Crippen LogP contribution in [-0.4, -0.2) is 29.2 Å². The number of nitro groups is 1. The fourth-order valence-electron chi connectivity index (χ4n) is 1.69. The van der Waals surface area contributed by atoms with Gasteiger partial charge in [-0.05, 0) is 16.0 Å². The quantitative estimate of drug-likeness (QED) is 0.593. The number of rotatable bonds is 3. The van der Waals surface area contributed by atoms with Crippen LogP contribution in [0.1, 0.15) is 18.5 Å². The van der Waals surface area contributed by atoms with E-state index in [0.29, 0.717) is 13.2 Å². The van der Waals surface area contributed by atoms with E-state index in [1.165, 1.54) is 12.1 Å². The molecule has 0 aliphatic carbocycles. The van der Waals surface area contributed by atoms with E-state index in [2.05, 4.69) is 4.98 Å². The van der Waals surface area contributed by atoms with Crippen molar-refractivity contribution in [2.24, 2.45) is 0 Å². The van der Waals surface area contributed by atoms with Gasteiger partial charge in [0.05, 0.1) is 13.2 Å². The molecule has 1 aromatic heterocycles. The van der Waals surface area contributed by atoms with Crippen LogP contribution in [0.15, 0.2) is 12.1 Å². The fourth-order valence-corrected chi connectivity index (χ4v) is 1.69. The molecule has 0 amide bonds. The Balaban J connectivity index is 2.17. The molecule has 7 nitrogen and oxygen atoms in total. The van der Waals surface area contributed by atoms with Crippen molar-refractivity contribution in [1.29, 1.82) is 5.26 Å². The van der Waals surface area contributed by atoms with Crippen LogP contribution in [0.3, 0.4) is 0 Å². The Hall–Kier alpha value is -2.20. The van der Waals surface area contributed by atoms with E-state index in [0.717, 1.165) is 12.8 Å². The van der Waals surface area contributed by atoms with E-state index in [4.69, 9.17) is 14.7 Å². The zero-order valence-electron chi connectivity index (χ0n) is 9.54. The van der Waals surface area contributed by atoms with Gasteiger partial charge in [-0.2, -0.15) is 5.26 Å². The minimum absolute atomic E-state index is 0.0332. The highest BCUT2D eigenvalue weighted by Crippen LogP contribution is 2.23. The van der Waals surface area contributed by atoms with Crippen molar-refractivity contribution in [1.82, 2.24) is 4.98 Å². The molecule has 0 radical (unpaired) electrons. The molecule has 18 heavy (non-hydrogen) atoms. The number of hydrogen-bond acceptors (Lipinski definition) is 6. The molecule has 2 heterocycles. The van der Waals surface area contributed by atoms with E-state index in [1.807, 2.05) is 6.07 Å². The van der Waals surface area contributed by atoms with Crippen LogP contribution in [0.25, 0.3) is 0 Å². The summed E-state index contributed by atoms with van der Waals surface area (Å²) in [6.45, 7) is 1.24. The maximum absolute atomic E-state index is 10.5. The number of nitrogens with zero attached hydrogens (tertiary/aromatic N) is 3. The predicted octanol–water partition coefficient (Wildman–Crippen LogP) is 1.42. The average Bonchev–Trinajstić information content (AvgIpc) is 2.40. The molecule has 0 saturated carbocycles. The van der Waals surface area contributed by atoms with Crippen LogP contribution in [0.5, 0.6) is 5.75 Å². The zero-order chi connectivity index (χ0) is 13.0. The highest BCUT2D eigenvalue weighted by atomic mass is 16.6. The Bertz CT molecular complexity index is 492. The van der Waals surface area contributed by atoms with Crippen molar-refractivity contribution in [3.8, 4) is 11.8 Å². The minimum Gasteiger partial charge on any atom is -0.485 e. The van der Waals surface area contributed by atoms with Gasteiger partial charge in [-0.15, -0.1) is 0 Å². The minimum atomic E-state index is -0.640. The maximum Gasteiger partial charge on any atom is 0.365 e. The first kappa shape index (κ1) is 12.3. The van der Waals surface area contributed by atoms with Gasteiger partial charge >= 0.3 is 5.82 Å². The normalized spacial score (nSPS) is 15.9. The molecule has 1 aromatic rings. The number of pyridine rings is 1. The number of hydrogen-bond donors (Lipinski definition) is 0. The molecule has 94 valence electrons. The molecular formula is C11H11N3O4. The summed E-state index contributed by atoms with van der Waals surface area (Å²) in [7, 11) is 0. The number of ether oxygens (including phenoxy) is 2. The molecule has 0 unspecified atom stereocenters. The third-order valence-electron chi connectivity index (χ3n) is 2.60. The Morgan fingerprint density at radius 1 is 1.50 bits per heavy atom. The summed E-state index contributed by atoms with van der Waals surface area (Å²) < 4.78 is 10.8. The van der Waals surface area contributed by atoms with Gasteiger partial charge in [0.25, 0.3) is 5.69 Å². The molecule has 0 N–H and O–H groups in total. The summed E-state index contributed by atoms with van der Waals surface area (Å²) in [6.07, 6.45) is 1.44. The molecular weight excluding hydrogens is 238 g/mol. The topological polar surface area (TPSA) is 98.3 Å².